The van der Waals surface area contributed by atoms with Gasteiger partial charge in [0.15, 0.2) is 0 Å². The van der Waals surface area contributed by atoms with Crippen LogP contribution >= 0.6 is 43.5 Å². The fourth-order valence-electron chi connectivity index (χ4n) is 2.26. The first-order valence-electron chi connectivity index (χ1n) is 6.04. The molecule has 1 heterocycles. The van der Waals surface area contributed by atoms with Crippen molar-refractivity contribution in [2.24, 2.45) is 0 Å². The summed E-state index contributed by atoms with van der Waals surface area (Å²) in [6, 6.07) is 9.11. The van der Waals surface area contributed by atoms with Gasteiger partial charge in [-0.05, 0) is 44.8 Å². The normalized spacial score (nSPS) is 15.2. The van der Waals surface area contributed by atoms with Crippen molar-refractivity contribution in [1.82, 2.24) is 0 Å². The van der Waals surface area contributed by atoms with Crippen LogP contribution in [0.25, 0.3) is 0 Å². The maximum Gasteiger partial charge on any atom is 0.129 e. The third kappa shape index (κ3) is 2.67. The lowest BCUT2D eigenvalue weighted by Gasteiger charge is -2.14. The van der Waals surface area contributed by atoms with Gasteiger partial charge in [-0.2, -0.15) is 0 Å². The summed E-state index contributed by atoms with van der Waals surface area (Å²) in [5.74, 6) is -0.292. The van der Waals surface area contributed by atoms with Gasteiger partial charge in [-0.25, -0.2) is 4.39 Å². The van der Waals surface area contributed by atoms with Crippen LogP contribution in [0.15, 0.2) is 34.8 Å². The minimum absolute atomic E-state index is 0.237. The maximum absolute atomic E-state index is 14.1. The molecule has 1 aliphatic heterocycles. The predicted molar refractivity (Wildman–Crippen MR) is 84.8 cm³/mol. The van der Waals surface area contributed by atoms with Crippen LogP contribution < -0.4 is 0 Å². The Labute approximate surface area is 138 Å². The third-order valence-electron chi connectivity index (χ3n) is 3.35. The van der Waals surface area contributed by atoms with E-state index < -0.39 is 0 Å². The molecule has 1 atom stereocenters. The lowest BCUT2D eigenvalue weighted by molar-refractivity contribution is 0.134. The molecule has 1 aliphatic rings. The molecule has 0 aliphatic carbocycles. The number of rotatable bonds is 2. The molecule has 0 radical (unpaired) electrons. The SMILES string of the molecule is Fc1cc(Br)c(Cl)cc1C(Br)c1ccc2c(c1)COC2. The van der Waals surface area contributed by atoms with Crippen molar-refractivity contribution in [2.75, 3.05) is 0 Å². The van der Waals surface area contributed by atoms with Crippen molar-refractivity contribution in [3.63, 3.8) is 0 Å². The minimum Gasteiger partial charge on any atom is -0.372 e. The predicted octanol–water partition coefficient (Wildman–Crippen LogP) is 5.76. The Kier molecular flexibility index (Phi) is 4.18. The summed E-state index contributed by atoms with van der Waals surface area (Å²) >= 11 is 12.8. The highest BCUT2D eigenvalue weighted by atomic mass is 79.9. The Morgan fingerprint density at radius 2 is 1.90 bits per heavy atom. The van der Waals surface area contributed by atoms with E-state index in [1.807, 2.05) is 12.1 Å². The van der Waals surface area contributed by atoms with Crippen molar-refractivity contribution in [3.8, 4) is 0 Å². The molecule has 1 unspecified atom stereocenters. The summed E-state index contributed by atoms with van der Waals surface area (Å²) < 4.78 is 20.1. The van der Waals surface area contributed by atoms with Crippen LogP contribution in [0.3, 0.4) is 0 Å². The van der Waals surface area contributed by atoms with Gasteiger partial charge in [0.05, 0.1) is 23.1 Å². The van der Waals surface area contributed by atoms with Crippen LogP contribution in [0.4, 0.5) is 4.39 Å². The fraction of sp³-hybridized carbons (Fsp3) is 0.200. The summed E-state index contributed by atoms with van der Waals surface area (Å²) in [6.07, 6.45) is 0. The van der Waals surface area contributed by atoms with E-state index in [1.165, 1.54) is 11.6 Å². The zero-order chi connectivity index (χ0) is 14.3. The van der Waals surface area contributed by atoms with E-state index in [-0.39, 0.29) is 10.6 Å². The largest absolute Gasteiger partial charge is 0.372 e. The quantitative estimate of drug-likeness (QED) is 0.444. The fourth-order valence-corrected chi connectivity index (χ4v) is 3.38. The lowest BCUT2D eigenvalue weighted by atomic mass is 10.00. The van der Waals surface area contributed by atoms with Crippen LogP contribution in [-0.4, -0.2) is 0 Å². The number of hydrogen-bond acceptors (Lipinski definition) is 1. The number of fused-ring (bicyclic) bond motifs is 1. The highest BCUT2D eigenvalue weighted by molar-refractivity contribution is 9.10. The van der Waals surface area contributed by atoms with E-state index in [0.717, 1.165) is 11.1 Å². The van der Waals surface area contributed by atoms with Crippen molar-refractivity contribution < 1.29 is 9.13 Å². The van der Waals surface area contributed by atoms with E-state index in [4.69, 9.17) is 16.3 Å². The van der Waals surface area contributed by atoms with E-state index >= 15 is 0 Å². The summed E-state index contributed by atoms with van der Waals surface area (Å²) in [4.78, 5) is -0.237. The molecule has 0 N–H and O–H groups in total. The van der Waals surface area contributed by atoms with Gasteiger partial charge in [-0.15, -0.1) is 0 Å². The summed E-state index contributed by atoms with van der Waals surface area (Å²) in [7, 11) is 0. The first-order chi connectivity index (χ1) is 9.56. The van der Waals surface area contributed by atoms with Crippen LogP contribution in [-0.2, 0) is 18.0 Å². The van der Waals surface area contributed by atoms with E-state index in [1.54, 1.807) is 6.07 Å². The number of halogens is 4. The second-order valence-corrected chi connectivity index (χ2v) is 6.85. The van der Waals surface area contributed by atoms with Crippen LogP contribution in [0.2, 0.25) is 5.02 Å². The van der Waals surface area contributed by atoms with Gasteiger partial charge in [0.1, 0.15) is 5.82 Å². The number of benzene rings is 2. The molecule has 0 amide bonds. The lowest BCUT2D eigenvalue weighted by Crippen LogP contribution is -1.98. The average molecular weight is 421 g/mol. The molecule has 0 spiro atoms. The maximum atomic E-state index is 14.1. The molecule has 2 aromatic rings. The second kappa shape index (κ2) is 5.76. The highest BCUT2D eigenvalue weighted by Crippen LogP contribution is 2.37. The molecule has 1 nitrogen and oxygen atoms in total. The van der Waals surface area contributed by atoms with Gasteiger partial charge in [0.25, 0.3) is 0 Å². The van der Waals surface area contributed by atoms with Crippen molar-refractivity contribution in [2.45, 2.75) is 18.0 Å². The first-order valence-corrected chi connectivity index (χ1v) is 8.13. The Hall–Kier alpha value is -0.420. The third-order valence-corrected chi connectivity index (χ3v) is 5.57. The van der Waals surface area contributed by atoms with E-state index in [9.17, 15) is 4.39 Å². The summed E-state index contributed by atoms with van der Waals surface area (Å²) in [5.41, 5.74) is 3.88. The van der Waals surface area contributed by atoms with Gasteiger partial charge < -0.3 is 4.74 Å². The summed E-state index contributed by atoms with van der Waals surface area (Å²) in [5, 5.41) is 0.496. The highest BCUT2D eigenvalue weighted by Gasteiger charge is 2.19. The van der Waals surface area contributed by atoms with Crippen molar-refractivity contribution >= 4 is 43.5 Å². The molecule has 0 bridgehead atoms. The molecule has 104 valence electrons. The van der Waals surface area contributed by atoms with Crippen molar-refractivity contribution in [3.05, 3.63) is 67.9 Å². The first kappa shape index (κ1) is 14.5. The van der Waals surface area contributed by atoms with Gasteiger partial charge in [0.2, 0.25) is 0 Å². The van der Waals surface area contributed by atoms with E-state index in [2.05, 4.69) is 37.9 Å². The second-order valence-electron chi connectivity index (χ2n) is 4.67. The van der Waals surface area contributed by atoms with Crippen LogP contribution in [0, 0.1) is 5.82 Å². The van der Waals surface area contributed by atoms with Gasteiger partial charge in [-0.1, -0.05) is 45.7 Å². The zero-order valence-electron chi connectivity index (χ0n) is 10.3. The molecule has 0 aromatic heterocycles. The molecular weight excluding hydrogens is 410 g/mol. The molecule has 3 rings (SSSR count). The summed E-state index contributed by atoms with van der Waals surface area (Å²) in [6.45, 7) is 1.27. The Morgan fingerprint density at radius 3 is 2.70 bits per heavy atom. The van der Waals surface area contributed by atoms with Gasteiger partial charge in [0, 0.05) is 10.0 Å². The van der Waals surface area contributed by atoms with Crippen LogP contribution in [0.5, 0.6) is 0 Å². The smallest absolute Gasteiger partial charge is 0.129 e. The van der Waals surface area contributed by atoms with Crippen LogP contribution in [0.1, 0.15) is 27.1 Å². The van der Waals surface area contributed by atoms with E-state index in [0.29, 0.717) is 28.3 Å². The number of ether oxygens (including phenoxy) is 1. The molecule has 20 heavy (non-hydrogen) atoms. The zero-order valence-corrected chi connectivity index (χ0v) is 14.2. The minimum atomic E-state index is -0.292. The molecule has 5 heteroatoms. The van der Waals surface area contributed by atoms with Crippen molar-refractivity contribution in [1.29, 1.82) is 0 Å². The standard InChI is InChI=1S/C15H10Br2ClFO/c16-12-5-14(19)11(4-13(12)18)15(17)8-1-2-9-6-20-7-10(9)3-8/h1-5,15H,6-7H2. The Bertz CT molecular complexity index is 675. The van der Waals surface area contributed by atoms with Gasteiger partial charge in [-0.3, -0.25) is 0 Å². The Balaban J connectivity index is 2.00. The number of hydrogen-bond donors (Lipinski definition) is 0. The molecule has 0 fully saturated rings. The Morgan fingerprint density at radius 1 is 1.15 bits per heavy atom. The average Bonchev–Trinajstić information content (AvgIpc) is 2.89. The molecule has 0 saturated carbocycles. The number of alkyl halides is 1. The molecular formula is C15H10Br2ClFO. The molecule has 0 saturated heterocycles. The van der Waals surface area contributed by atoms with Gasteiger partial charge >= 0.3 is 0 Å². The monoisotopic (exact) mass is 418 g/mol. The topological polar surface area (TPSA) is 9.23 Å². The molecule has 2 aromatic carbocycles.